The number of aliphatic hydroxyl groups is 2. The van der Waals surface area contributed by atoms with Crippen molar-refractivity contribution >= 4 is 40.9 Å². The minimum absolute atomic E-state index is 0.0103. The standard InChI is InChI=1S/C56H70F8N10O7/c1-8-72(7)54(81)28(6)31-22-38(57)40(19-26(31)4)67-52(79)47(70-50(77)42-15-17-65-73(42)9-2)45(29-11-12-29)35-20-33(35)34-21-36(34)46(30-13-14-30)48(71-51(78)43-16-18-66-74(43)10-3)53(80)68-41-24-37(55(59,60)61)32(23-39(41)58)27(5)49(76)69-44(25-75)56(62,63)64/h15-19,22-24,27-30,33-36,44-49,69,75-76H,8-14,20-21,25H2,1-7H3,(H,67,79)(H,68,80)(H,70,77)(H,71,78)/t27?,28?,33?,34?,35?,36?,44?,45?,46?,47-,48-,49?/m0/s1. The van der Waals surface area contributed by atoms with Crippen molar-refractivity contribution in [1.82, 2.24) is 40.4 Å². The fourth-order valence-corrected chi connectivity index (χ4v) is 12.1. The molecule has 7 N–H and O–H groups in total. The summed E-state index contributed by atoms with van der Waals surface area (Å²) in [6.45, 7) is 9.18. The topological polar surface area (TPSA) is 225 Å². The number of aryl methyl sites for hydroxylation is 3. The molecule has 0 spiro atoms. The minimum atomic E-state index is -5.28. The van der Waals surface area contributed by atoms with E-state index in [0.29, 0.717) is 56.0 Å². The molecule has 5 amide bonds. The van der Waals surface area contributed by atoms with Gasteiger partial charge in [-0.25, -0.2) is 8.78 Å². The molecular weight excluding hydrogens is 1080 g/mol. The molecule has 0 radical (unpaired) electrons. The zero-order valence-corrected chi connectivity index (χ0v) is 46.0. The van der Waals surface area contributed by atoms with Gasteiger partial charge in [0.25, 0.3) is 11.8 Å². The van der Waals surface area contributed by atoms with Crippen LogP contribution >= 0.6 is 0 Å². The van der Waals surface area contributed by atoms with Gasteiger partial charge in [0.1, 0.15) is 47.4 Å². The van der Waals surface area contributed by atoms with Gasteiger partial charge in [0.15, 0.2) is 0 Å². The van der Waals surface area contributed by atoms with Gasteiger partial charge in [-0.2, -0.15) is 36.5 Å². The van der Waals surface area contributed by atoms with Gasteiger partial charge in [-0.3, -0.25) is 38.7 Å². The summed E-state index contributed by atoms with van der Waals surface area (Å²) in [6, 6.07) is 0.949. The van der Waals surface area contributed by atoms with E-state index in [-0.39, 0.29) is 71.1 Å². The molecule has 10 unspecified atom stereocenters. The Bertz CT molecular complexity index is 2980. The molecule has 4 aliphatic rings. The first kappa shape index (κ1) is 60.6. The maximum atomic E-state index is 16.2. The molecule has 0 aliphatic heterocycles. The fraction of sp³-hybridized carbons (Fsp3) is 0.589. The van der Waals surface area contributed by atoms with Crippen LogP contribution < -0.4 is 26.6 Å². The lowest BCUT2D eigenvalue weighted by molar-refractivity contribution is -0.172. The van der Waals surface area contributed by atoms with Crippen molar-refractivity contribution in [3.8, 4) is 0 Å². The zero-order valence-electron chi connectivity index (χ0n) is 46.0. The van der Waals surface area contributed by atoms with E-state index in [1.165, 1.54) is 50.9 Å². The summed E-state index contributed by atoms with van der Waals surface area (Å²) < 4.78 is 120. The van der Waals surface area contributed by atoms with Gasteiger partial charge in [0.05, 0.1) is 29.5 Å². The number of aromatic nitrogens is 4. The Kier molecular flexibility index (Phi) is 18.1. The van der Waals surface area contributed by atoms with E-state index in [9.17, 15) is 60.5 Å². The molecular formula is C56H70F8N10O7. The van der Waals surface area contributed by atoms with E-state index in [4.69, 9.17) is 0 Å². The molecule has 8 rings (SSSR count). The summed E-state index contributed by atoms with van der Waals surface area (Å²) in [7, 11) is 1.65. The van der Waals surface area contributed by atoms with Crippen LogP contribution in [-0.2, 0) is 33.6 Å². The van der Waals surface area contributed by atoms with Crippen LogP contribution in [0.1, 0.15) is 128 Å². The molecule has 0 saturated heterocycles. The predicted octanol–water partition coefficient (Wildman–Crippen LogP) is 7.74. The first-order valence-corrected chi connectivity index (χ1v) is 27.6. The summed E-state index contributed by atoms with van der Waals surface area (Å²) in [6.07, 6.45) is -5.98. The van der Waals surface area contributed by atoms with Crippen LogP contribution in [0.2, 0.25) is 0 Å². The number of likely N-dealkylation sites (N-methyl/N-ethyl adjacent to an activating group) is 1. The van der Waals surface area contributed by atoms with Crippen LogP contribution in [0.5, 0.6) is 0 Å². The number of anilines is 2. The lowest BCUT2D eigenvalue weighted by Gasteiger charge is -2.30. The van der Waals surface area contributed by atoms with Crippen LogP contribution in [0.25, 0.3) is 0 Å². The average molecular weight is 1150 g/mol. The van der Waals surface area contributed by atoms with Gasteiger partial charge in [0, 0.05) is 45.0 Å². The Morgan fingerprint density at radius 1 is 0.728 bits per heavy atom. The molecule has 4 aromatic rings. The molecule has 2 heterocycles. The second-order valence-electron chi connectivity index (χ2n) is 22.3. The lowest BCUT2D eigenvalue weighted by Crippen LogP contribution is -2.51. The maximum absolute atomic E-state index is 16.2. The van der Waals surface area contributed by atoms with Crippen LogP contribution in [0.3, 0.4) is 0 Å². The third kappa shape index (κ3) is 13.4. The predicted molar refractivity (Wildman–Crippen MR) is 280 cm³/mol. The third-order valence-electron chi connectivity index (χ3n) is 17.0. The number of aliphatic hydroxyl groups excluding tert-OH is 2. The Hall–Kier alpha value is -6.47. The highest BCUT2D eigenvalue weighted by Gasteiger charge is 2.64. The largest absolute Gasteiger partial charge is 0.416 e. The van der Waals surface area contributed by atoms with Crippen molar-refractivity contribution in [2.45, 2.75) is 142 Å². The van der Waals surface area contributed by atoms with E-state index in [1.54, 1.807) is 40.1 Å². The number of halogens is 8. The molecule has 442 valence electrons. The highest BCUT2D eigenvalue weighted by molar-refractivity contribution is 6.02. The molecule has 4 fully saturated rings. The summed E-state index contributed by atoms with van der Waals surface area (Å²) in [5, 5.41) is 40.7. The SMILES string of the molecule is CCN(C)C(=O)C(C)c1cc(F)c(NC(=O)[C@@H](NC(=O)c2ccnn2CC)C(C2CC2)C2CC2C2CC2C(C2CC2)[C@H](NC(=O)c2ccnn2CC)C(=O)Nc2cc(C(F)(F)F)c(C(C)C(O)NC(CO)C(F)(F)F)cc2F)cc1C. The number of amides is 5. The normalized spacial score (nSPS) is 21.8. The van der Waals surface area contributed by atoms with Crippen molar-refractivity contribution in [1.29, 1.82) is 0 Å². The van der Waals surface area contributed by atoms with Crippen molar-refractivity contribution in [3.05, 3.63) is 94.1 Å². The quantitative estimate of drug-likeness (QED) is 0.0253. The number of hydrogen-bond donors (Lipinski definition) is 7. The van der Waals surface area contributed by atoms with Gasteiger partial charge in [-0.05, 0) is 174 Å². The van der Waals surface area contributed by atoms with E-state index in [1.807, 2.05) is 6.92 Å². The highest BCUT2D eigenvalue weighted by Crippen LogP contribution is 2.67. The number of rotatable bonds is 25. The van der Waals surface area contributed by atoms with Crippen LogP contribution in [-0.4, -0.2) is 115 Å². The third-order valence-corrected chi connectivity index (χ3v) is 17.0. The molecule has 81 heavy (non-hydrogen) atoms. The number of hydrogen-bond acceptors (Lipinski definition) is 10. The Labute approximate surface area is 463 Å². The summed E-state index contributed by atoms with van der Waals surface area (Å²) >= 11 is 0. The number of nitrogens with zero attached hydrogens (tertiary/aromatic N) is 5. The Morgan fingerprint density at radius 3 is 1.59 bits per heavy atom. The summed E-state index contributed by atoms with van der Waals surface area (Å²) in [5.74, 6) is -9.69. The van der Waals surface area contributed by atoms with E-state index >= 15 is 8.78 Å². The number of benzene rings is 2. The fourth-order valence-electron chi connectivity index (χ4n) is 12.1. The van der Waals surface area contributed by atoms with Crippen molar-refractivity contribution in [3.63, 3.8) is 0 Å². The second kappa shape index (κ2) is 24.2. The van der Waals surface area contributed by atoms with Gasteiger partial charge < -0.3 is 36.4 Å². The first-order valence-electron chi connectivity index (χ1n) is 27.6. The first-order chi connectivity index (χ1) is 38.2. The van der Waals surface area contributed by atoms with E-state index in [0.717, 1.165) is 19.8 Å². The number of carbonyl (C=O) groups excluding carboxylic acids is 5. The van der Waals surface area contributed by atoms with Gasteiger partial charge in [-0.15, -0.1) is 0 Å². The van der Waals surface area contributed by atoms with Crippen molar-refractivity contribution in [2.75, 3.05) is 30.8 Å². The van der Waals surface area contributed by atoms with Gasteiger partial charge >= 0.3 is 12.4 Å². The Morgan fingerprint density at radius 2 is 1.19 bits per heavy atom. The van der Waals surface area contributed by atoms with Crippen LogP contribution in [0, 0.1) is 65.9 Å². The van der Waals surface area contributed by atoms with Crippen molar-refractivity contribution in [2.24, 2.45) is 47.3 Å². The summed E-state index contributed by atoms with van der Waals surface area (Å²) in [5.41, 5.74) is -2.33. The number of carbonyl (C=O) groups is 5. The summed E-state index contributed by atoms with van der Waals surface area (Å²) in [4.78, 5) is 72.4. The van der Waals surface area contributed by atoms with Crippen LogP contribution in [0.15, 0.2) is 48.8 Å². The van der Waals surface area contributed by atoms with E-state index < -0.39 is 119 Å². The van der Waals surface area contributed by atoms with Gasteiger partial charge in [-0.1, -0.05) is 6.92 Å². The monoisotopic (exact) mass is 1150 g/mol. The molecule has 25 heteroatoms. The molecule has 2 aromatic heterocycles. The minimum Gasteiger partial charge on any atom is -0.394 e. The molecule has 0 bridgehead atoms. The highest BCUT2D eigenvalue weighted by atomic mass is 19.4. The van der Waals surface area contributed by atoms with E-state index in [2.05, 4.69) is 31.5 Å². The van der Waals surface area contributed by atoms with Crippen LogP contribution in [0.4, 0.5) is 46.5 Å². The number of nitrogens with one attached hydrogen (secondary N) is 5. The molecule has 2 aromatic carbocycles. The van der Waals surface area contributed by atoms with Crippen molar-refractivity contribution < 1.29 is 69.3 Å². The molecule has 4 aliphatic carbocycles. The maximum Gasteiger partial charge on any atom is 0.416 e. The molecule has 12 atom stereocenters. The van der Waals surface area contributed by atoms with Gasteiger partial charge in [0.2, 0.25) is 17.7 Å². The zero-order chi connectivity index (χ0) is 59.2. The smallest absolute Gasteiger partial charge is 0.394 e. The lowest BCUT2D eigenvalue weighted by atomic mass is 9.84. The number of alkyl halides is 6. The molecule has 4 saturated carbocycles. The average Bonchev–Trinajstić information content (AvgIpc) is 2.82. The second-order valence-corrected chi connectivity index (χ2v) is 22.3. The molecule has 17 nitrogen and oxygen atoms in total. The Balaban J connectivity index is 1.07.